The number of nitrogens with zero attached hydrogens (tertiary/aromatic N) is 2. The predicted molar refractivity (Wildman–Crippen MR) is 126 cm³/mol. The van der Waals surface area contributed by atoms with Crippen molar-refractivity contribution >= 4 is 17.7 Å². The van der Waals surface area contributed by atoms with Gasteiger partial charge in [-0.15, -0.1) is 0 Å². The predicted octanol–water partition coefficient (Wildman–Crippen LogP) is 3.48. The van der Waals surface area contributed by atoms with Gasteiger partial charge in [0.05, 0.1) is 13.7 Å². The molecule has 0 radical (unpaired) electrons. The second kappa shape index (κ2) is 8.19. The molecule has 3 amide bonds. The minimum absolute atomic E-state index is 0.173. The molecular weight excluding hydrogens is 450 g/mol. The molecule has 1 N–H and O–H groups in total. The summed E-state index contributed by atoms with van der Waals surface area (Å²) in [4.78, 5) is 40.3. The molecule has 0 spiro atoms. The van der Waals surface area contributed by atoms with E-state index in [2.05, 4.69) is 5.32 Å². The molecule has 2 aliphatic heterocycles. The largest absolute Gasteiger partial charge is 0.497 e. The lowest BCUT2D eigenvalue weighted by atomic mass is 9.92. The zero-order valence-corrected chi connectivity index (χ0v) is 19.9. The van der Waals surface area contributed by atoms with Gasteiger partial charge in [-0.3, -0.25) is 14.5 Å². The van der Waals surface area contributed by atoms with E-state index in [1.165, 1.54) is 7.11 Å². The van der Waals surface area contributed by atoms with E-state index in [0.717, 1.165) is 16.3 Å². The highest BCUT2D eigenvalue weighted by atomic mass is 16.7. The third-order valence-corrected chi connectivity index (χ3v) is 6.57. The van der Waals surface area contributed by atoms with Gasteiger partial charge in [0.15, 0.2) is 17.3 Å². The SMILES string of the molecule is COc1cccc([C@]2(C)NC(=O)N(CC(=O)c3cc(C)n(-c4ccc5c(c4)OCO5)c3C)C2=O)c1. The van der Waals surface area contributed by atoms with Crippen LogP contribution in [0.5, 0.6) is 17.2 Å². The van der Waals surface area contributed by atoms with Crippen molar-refractivity contribution in [2.45, 2.75) is 26.3 Å². The average molecular weight is 476 g/mol. The summed E-state index contributed by atoms with van der Waals surface area (Å²) in [5.74, 6) is 1.05. The summed E-state index contributed by atoms with van der Waals surface area (Å²) in [6.45, 7) is 5.15. The van der Waals surface area contributed by atoms with Crippen LogP contribution >= 0.6 is 0 Å². The fourth-order valence-electron chi connectivity index (χ4n) is 4.67. The number of benzene rings is 2. The van der Waals surface area contributed by atoms with Crippen molar-refractivity contribution < 1.29 is 28.6 Å². The lowest BCUT2D eigenvalue weighted by molar-refractivity contribution is -0.130. The van der Waals surface area contributed by atoms with Crippen LogP contribution in [0.4, 0.5) is 4.79 Å². The topological polar surface area (TPSA) is 99.1 Å². The molecule has 9 nitrogen and oxygen atoms in total. The third kappa shape index (κ3) is 3.60. The van der Waals surface area contributed by atoms with Crippen LogP contribution < -0.4 is 19.5 Å². The Balaban J connectivity index is 1.41. The summed E-state index contributed by atoms with van der Waals surface area (Å²) in [6, 6.07) is 13.7. The molecule has 5 rings (SSSR count). The van der Waals surface area contributed by atoms with Crippen molar-refractivity contribution in [1.82, 2.24) is 14.8 Å². The molecule has 1 fully saturated rings. The maximum atomic E-state index is 13.3. The molecule has 1 aromatic heterocycles. The van der Waals surface area contributed by atoms with E-state index in [4.69, 9.17) is 14.2 Å². The van der Waals surface area contributed by atoms with Gasteiger partial charge in [-0.1, -0.05) is 12.1 Å². The van der Waals surface area contributed by atoms with Crippen LogP contribution in [0.3, 0.4) is 0 Å². The number of ketones is 1. The molecule has 9 heteroatoms. The number of carbonyl (C=O) groups excluding carboxylic acids is 3. The summed E-state index contributed by atoms with van der Waals surface area (Å²) in [7, 11) is 1.53. The second-order valence-corrected chi connectivity index (χ2v) is 8.76. The van der Waals surface area contributed by atoms with Crippen molar-refractivity contribution in [3.05, 3.63) is 71.0 Å². The number of imide groups is 1. The molecule has 0 aliphatic carbocycles. The van der Waals surface area contributed by atoms with Crippen LogP contribution in [0.2, 0.25) is 0 Å². The van der Waals surface area contributed by atoms with E-state index in [1.54, 1.807) is 37.3 Å². The molecular formula is C26H25N3O6. The van der Waals surface area contributed by atoms with Gasteiger partial charge in [0.1, 0.15) is 11.3 Å². The van der Waals surface area contributed by atoms with E-state index in [9.17, 15) is 14.4 Å². The number of Topliss-reactive ketones (excluding diaryl/α,β-unsaturated/α-hetero) is 1. The minimum Gasteiger partial charge on any atom is -0.497 e. The summed E-state index contributed by atoms with van der Waals surface area (Å²) in [6.07, 6.45) is 0. The molecule has 180 valence electrons. The highest BCUT2D eigenvalue weighted by Gasteiger charge is 2.49. The molecule has 3 heterocycles. The zero-order chi connectivity index (χ0) is 24.9. The van der Waals surface area contributed by atoms with E-state index in [0.29, 0.717) is 34.1 Å². The van der Waals surface area contributed by atoms with Gasteiger partial charge < -0.3 is 24.1 Å². The van der Waals surface area contributed by atoms with Crippen LogP contribution in [0.1, 0.15) is 34.2 Å². The summed E-state index contributed by atoms with van der Waals surface area (Å²) in [5, 5.41) is 2.73. The van der Waals surface area contributed by atoms with Crippen molar-refractivity contribution in [1.29, 1.82) is 0 Å². The lowest BCUT2D eigenvalue weighted by Crippen LogP contribution is -2.41. The monoisotopic (exact) mass is 475 g/mol. The number of fused-ring (bicyclic) bond motifs is 1. The molecule has 0 saturated carbocycles. The fourth-order valence-corrected chi connectivity index (χ4v) is 4.67. The first kappa shape index (κ1) is 22.5. The van der Waals surface area contributed by atoms with Crippen molar-refractivity contribution in [2.75, 3.05) is 20.4 Å². The normalized spacial score (nSPS) is 18.7. The van der Waals surface area contributed by atoms with Crippen molar-refractivity contribution in [2.24, 2.45) is 0 Å². The first-order valence-electron chi connectivity index (χ1n) is 11.1. The van der Waals surface area contributed by atoms with Gasteiger partial charge in [0.2, 0.25) is 6.79 Å². The van der Waals surface area contributed by atoms with E-state index in [-0.39, 0.29) is 19.1 Å². The maximum Gasteiger partial charge on any atom is 0.325 e. The molecule has 3 aromatic rings. The van der Waals surface area contributed by atoms with Crippen LogP contribution in [0.25, 0.3) is 5.69 Å². The molecule has 2 aliphatic rings. The van der Waals surface area contributed by atoms with E-state index >= 15 is 0 Å². The quantitative estimate of drug-likeness (QED) is 0.433. The van der Waals surface area contributed by atoms with Crippen LogP contribution in [-0.4, -0.2) is 47.6 Å². The molecule has 0 unspecified atom stereocenters. The van der Waals surface area contributed by atoms with Gasteiger partial charge in [0, 0.05) is 28.7 Å². The molecule has 1 atom stereocenters. The Morgan fingerprint density at radius 3 is 2.63 bits per heavy atom. The molecule has 1 saturated heterocycles. The first-order chi connectivity index (χ1) is 16.7. The van der Waals surface area contributed by atoms with Crippen LogP contribution in [-0.2, 0) is 10.3 Å². The van der Waals surface area contributed by atoms with Gasteiger partial charge in [-0.2, -0.15) is 0 Å². The first-order valence-corrected chi connectivity index (χ1v) is 11.1. The number of nitrogens with one attached hydrogen (secondary N) is 1. The van der Waals surface area contributed by atoms with Crippen LogP contribution in [0, 0.1) is 13.8 Å². The van der Waals surface area contributed by atoms with Gasteiger partial charge in [-0.05, 0) is 56.7 Å². The maximum absolute atomic E-state index is 13.3. The Hall–Kier alpha value is -4.27. The summed E-state index contributed by atoms with van der Waals surface area (Å²) < 4.78 is 18.0. The van der Waals surface area contributed by atoms with E-state index in [1.807, 2.05) is 36.6 Å². The number of methoxy groups -OCH3 is 1. The Kier molecular flexibility index (Phi) is 5.27. The Bertz CT molecular complexity index is 1380. The van der Waals surface area contributed by atoms with Crippen LogP contribution in [0.15, 0.2) is 48.5 Å². The average Bonchev–Trinajstić information content (AvgIpc) is 3.50. The standard InChI is InChI=1S/C26H25N3O6/c1-15-10-20(16(2)29(15)18-8-9-22-23(12-18)35-14-34-22)21(30)13-28-24(31)26(3,27-25(28)32)17-6-5-7-19(11-17)33-4/h5-12H,13-14H2,1-4H3,(H,27,32)/t26-/m0/s1. The van der Waals surface area contributed by atoms with Crippen molar-refractivity contribution in [3.8, 4) is 22.9 Å². The number of urea groups is 1. The Labute approximate surface area is 202 Å². The number of amides is 3. The van der Waals surface area contributed by atoms with Gasteiger partial charge in [-0.25, -0.2) is 4.79 Å². The number of aryl methyl sites for hydroxylation is 1. The number of aromatic nitrogens is 1. The highest BCUT2D eigenvalue weighted by molar-refractivity contribution is 6.11. The second-order valence-electron chi connectivity index (χ2n) is 8.76. The number of hydrogen-bond acceptors (Lipinski definition) is 6. The zero-order valence-electron chi connectivity index (χ0n) is 19.9. The minimum atomic E-state index is -1.30. The Morgan fingerprint density at radius 2 is 1.86 bits per heavy atom. The smallest absolute Gasteiger partial charge is 0.325 e. The fraction of sp³-hybridized carbons (Fsp3) is 0.269. The van der Waals surface area contributed by atoms with E-state index < -0.39 is 17.5 Å². The van der Waals surface area contributed by atoms with Gasteiger partial charge in [0.25, 0.3) is 5.91 Å². The number of hydrogen-bond donors (Lipinski definition) is 1. The number of ether oxygens (including phenoxy) is 3. The van der Waals surface area contributed by atoms with Gasteiger partial charge >= 0.3 is 6.03 Å². The molecule has 2 aromatic carbocycles. The third-order valence-electron chi connectivity index (χ3n) is 6.57. The molecule has 0 bridgehead atoms. The number of rotatable bonds is 6. The molecule has 35 heavy (non-hydrogen) atoms. The highest BCUT2D eigenvalue weighted by Crippen LogP contribution is 2.35. The summed E-state index contributed by atoms with van der Waals surface area (Å²) >= 11 is 0. The van der Waals surface area contributed by atoms with Crippen molar-refractivity contribution in [3.63, 3.8) is 0 Å². The summed E-state index contributed by atoms with van der Waals surface area (Å²) in [5.41, 5.74) is 2.08. The number of carbonyl (C=O) groups is 3. The lowest BCUT2D eigenvalue weighted by Gasteiger charge is -2.22. The Morgan fingerprint density at radius 1 is 1.09 bits per heavy atom.